The normalized spacial score (nSPS) is 22.7. The number of β-amino-alcohol motifs (C(OH)–C–C–N with tert-alkyl or cyclic N) is 1. The molecular formula is C23H24N6O5S. The van der Waals surface area contributed by atoms with Crippen LogP contribution in [-0.4, -0.2) is 80.6 Å². The molecule has 0 radical (unpaired) electrons. The van der Waals surface area contributed by atoms with Gasteiger partial charge < -0.3 is 9.84 Å². The summed E-state index contributed by atoms with van der Waals surface area (Å²) in [4.78, 5) is 14.1. The molecule has 2 fully saturated rings. The summed E-state index contributed by atoms with van der Waals surface area (Å²) in [6.45, 7) is 5.31. The number of fused-ring (bicyclic) bond motifs is 2. The van der Waals surface area contributed by atoms with Crippen LogP contribution in [0.1, 0.15) is 38.7 Å². The number of tetrazole rings is 1. The van der Waals surface area contributed by atoms with E-state index < -0.39 is 16.1 Å². The van der Waals surface area contributed by atoms with Crippen LogP contribution in [0.3, 0.4) is 0 Å². The molecule has 0 bridgehead atoms. The molecule has 3 aromatic rings. The van der Waals surface area contributed by atoms with Crippen LogP contribution < -0.4 is 0 Å². The zero-order valence-electron chi connectivity index (χ0n) is 19.2. The van der Waals surface area contributed by atoms with E-state index in [1.165, 1.54) is 15.3 Å². The van der Waals surface area contributed by atoms with Crippen molar-refractivity contribution in [2.75, 3.05) is 19.6 Å². The second-order valence-corrected chi connectivity index (χ2v) is 11.2. The van der Waals surface area contributed by atoms with E-state index in [0.717, 1.165) is 27.9 Å². The average molecular weight is 497 g/mol. The zero-order chi connectivity index (χ0) is 24.5. The van der Waals surface area contributed by atoms with Crippen molar-refractivity contribution < 1.29 is 23.1 Å². The number of sulfonamides is 1. The van der Waals surface area contributed by atoms with Crippen molar-refractivity contribution in [1.82, 2.24) is 29.4 Å². The fourth-order valence-corrected chi connectivity index (χ4v) is 7.04. The molecule has 0 aliphatic carbocycles. The summed E-state index contributed by atoms with van der Waals surface area (Å²) in [6.07, 6.45) is 0.731. The number of aliphatic hydroxyl groups is 1. The van der Waals surface area contributed by atoms with E-state index in [0.29, 0.717) is 25.2 Å². The van der Waals surface area contributed by atoms with E-state index >= 15 is 0 Å². The number of benzene rings is 2. The maximum atomic E-state index is 13.3. The molecule has 6 rings (SSSR count). The van der Waals surface area contributed by atoms with Crippen LogP contribution in [0.15, 0.2) is 41.6 Å². The lowest BCUT2D eigenvalue weighted by Gasteiger charge is -2.61. The lowest BCUT2D eigenvalue weighted by atomic mass is 9.87. The summed E-state index contributed by atoms with van der Waals surface area (Å²) < 4.78 is 34.6. The molecule has 1 unspecified atom stereocenters. The van der Waals surface area contributed by atoms with Crippen molar-refractivity contribution in [3.8, 4) is 5.69 Å². The molecule has 2 saturated heterocycles. The van der Waals surface area contributed by atoms with Crippen molar-refractivity contribution in [2.45, 2.75) is 43.5 Å². The Labute approximate surface area is 202 Å². The number of likely N-dealkylation sites (tertiary alicyclic amines) is 1. The summed E-state index contributed by atoms with van der Waals surface area (Å²) in [5.74, 6) is -0.328. The Morgan fingerprint density at radius 3 is 2.69 bits per heavy atom. The lowest BCUT2D eigenvalue weighted by molar-refractivity contribution is -0.0950. The van der Waals surface area contributed by atoms with Gasteiger partial charge in [-0.05, 0) is 65.2 Å². The Morgan fingerprint density at radius 1 is 1.17 bits per heavy atom. The number of nitrogens with zero attached hydrogens (tertiary/aromatic N) is 6. The summed E-state index contributed by atoms with van der Waals surface area (Å²) in [5, 5.41) is 22.0. The molecule has 4 heterocycles. The topological polar surface area (TPSA) is 131 Å². The van der Waals surface area contributed by atoms with Gasteiger partial charge in [0.2, 0.25) is 10.0 Å². The Hall–Kier alpha value is -3.19. The molecule has 3 aliphatic heterocycles. The second kappa shape index (κ2) is 7.92. The van der Waals surface area contributed by atoms with Crippen LogP contribution >= 0.6 is 0 Å². The van der Waals surface area contributed by atoms with Gasteiger partial charge in [-0.15, -0.1) is 5.10 Å². The second-order valence-electron chi connectivity index (χ2n) is 9.26. The first kappa shape index (κ1) is 22.3. The number of hydrogen-bond acceptors (Lipinski definition) is 9. The van der Waals surface area contributed by atoms with Crippen molar-refractivity contribution in [3.05, 3.63) is 64.5 Å². The van der Waals surface area contributed by atoms with E-state index in [-0.39, 0.29) is 29.6 Å². The smallest absolute Gasteiger partial charge is 0.338 e. The number of aromatic nitrogens is 4. The molecule has 1 aromatic heterocycles. The Balaban J connectivity index is 1.12. The van der Waals surface area contributed by atoms with Gasteiger partial charge in [0.15, 0.2) is 0 Å². The van der Waals surface area contributed by atoms with E-state index in [9.17, 15) is 18.3 Å². The van der Waals surface area contributed by atoms with E-state index in [4.69, 9.17) is 4.74 Å². The average Bonchev–Trinajstić information content (AvgIpc) is 3.47. The fourth-order valence-electron chi connectivity index (χ4n) is 5.29. The molecule has 182 valence electrons. The van der Waals surface area contributed by atoms with Crippen molar-refractivity contribution in [1.29, 1.82) is 0 Å². The first-order chi connectivity index (χ1) is 16.8. The van der Waals surface area contributed by atoms with Crippen molar-refractivity contribution >= 4 is 16.0 Å². The minimum absolute atomic E-state index is 0.0839. The summed E-state index contributed by atoms with van der Waals surface area (Å²) >= 11 is 0. The van der Waals surface area contributed by atoms with Crippen LogP contribution in [0, 0.1) is 13.8 Å². The van der Waals surface area contributed by atoms with Gasteiger partial charge in [0.1, 0.15) is 12.9 Å². The van der Waals surface area contributed by atoms with Gasteiger partial charge in [0.05, 0.1) is 28.3 Å². The van der Waals surface area contributed by atoms with Gasteiger partial charge in [0, 0.05) is 31.2 Å². The highest BCUT2D eigenvalue weighted by Gasteiger charge is 2.56. The molecule has 12 heteroatoms. The van der Waals surface area contributed by atoms with Crippen LogP contribution in [0.4, 0.5) is 0 Å². The number of esters is 1. The van der Waals surface area contributed by atoms with Gasteiger partial charge in [-0.25, -0.2) is 17.9 Å². The van der Waals surface area contributed by atoms with Crippen molar-refractivity contribution in [3.63, 3.8) is 0 Å². The highest BCUT2D eigenvalue weighted by Crippen LogP contribution is 2.39. The van der Waals surface area contributed by atoms with Crippen LogP contribution in [0.2, 0.25) is 0 Å². The number of piperazine rings is 1. The monoisotopic (exact) mass is 496 g/mol. The highest BCUT2D eigenvalue weighted by molar-refractivity contribution is 7.89. The molecule has 1 N–H and O–H groups in total. The first-order valence-corrected chi connectivity index (χ1v) is 12.8. The van der Waals surface area contributed by atoms with E-state index in [2.05, 4.69) is 20.4 Å². The number of carbonyl (C=O) groups excluding carboxylic acids is 1. The predicted molar refractivity (Wildman–Crippen MR) is 122 cm³/mol. The fraction of sp³-hybridized carbons (Fsp3) is 0.391. The third kappa shape index (κ3) is 3.39. The number of aliphatic hydroxyl groups excluding tert-OH is 1. The van der Waals surface area contributed by atoms with Crippen LogP contribution in [0.25, 0.3) is 5.69 Å². The summed E-state index contributed by atoms with van der Waals surface area (Å²) in [5.41, 5.74) is 4.50. The number of ether oxygens (including phenoxy) is 1. The van der Waals surface area contributed by atoms with Crippen molar-refractivity contribution in [2.24, 2.45) is 0 Å². The third-order valence-corrected chi connectivity index (χ3v) is 9.30. The number of hydrogen-bond donors (Lipinski definition) is 1. The number of cyclic esters (lactones) is 1. The molecule has 35 heavy (non-hydrogen) atoms. The Bertz CT molecular complexity index is 1440. The van der Waals surface area contributed by atoms with Gasteiger partial charge >= 0.3 is 5.97 Å². The Kier molecular flexibility index (Phi) is 5.04. The molecular weight excluding hydrogens is 472 g/mol. The molecule has 0 saturated carbocycles. The highest BCUT2D eigenvalue weighted by atomic mass is 32.2. The third-order valence-electron chi connectivity index (χ3n) is 7.42. The molecule has 11 nitrogen and oxygen atoms in total. The first-order valence-electron chi connectivity index (χ1n) is 11.3. The van der Waals surface area contributed by atoms with E-state index in [1.807, 2.05) is 13.8 Å². The molecule has 3 aliphatic rings. The van der Waals surface area contributed by atoms with Crippen LogP contribution in [0.5, 0.6) is 0 Å². The predicted octanol–water partition coefficient (Wildman–Crippen LogP) is 0.740. The van der Waals surface area contributed by atoms with Crippen LogP contribution in [-0.2, 0) is 21.4 Å². The van der Waals surface area contributed by atoms with Gasteiger partial charge in [-0.2, -0.15) is 4.31 Å². The number of carbonyl (C=O) groups is 1. The molecule has 2 aromatic carbocycles. The zero-order valence-corrected chi connectivity index (χ0v) is 20.0. The number of rotatable bonds is 6. The SMILES string of the molecule is Cc1cc(S(=O)(=O)N2C[C@@H]3C2CN3C[C@H](O)c2ccc3c(c2C)COC3=O)ccc1-n1cnnn1. The minimum atomic E-state index is -3.63. The standard InChI is InChI=1S/C23H24N6O5S/c1-13-7-15(3-6-19(13)28-12-24-25-26-28)35(32,33)29-9-20-21(29)8-27(20)10-22(30)16-4-5-17-18(14(16)2)11-34-23(17)31/h3-7,12,20-22,30H,8-11H2,1-2H3/t20-,21?,22+/m1/s1. The minimum Gasteiger partial charge on any atom is -0.457 e. The molecule has 0 amide bonds. The maximum absolute atomic E-state index is 13.3. The lowest BCUT2D eigenvalue weighted by Crippen LogP contribution is -2.79. The summed E-state index contributed by atoms with van der Waals surface area (Å²) in [7, 11) is -3.63. The van der Waals surface area contributed by atoms with Gasteiger partial charge in [-0.3, -0.25) is 4.90 Å². The van der Waals surface area contributed by atoms with Gasteiger partial charge in [-0.1, -0.05) is 6.07 Å². The largest absolute Gasteiger partial charge is 0.457 e. The molecule has 3 atom stereocenters. The quantitative estimate of drug-likeness (QED) is 0.491. The summed E-state index contributed by atoms with van der Waals surface area (Å²) in [6, 6.07) is 8.40. The van der Waals surface area contributed by atoms with Gasteiger partial charge in [0.25, 0.3) is 0 Å². The maximum Gasteiger partial charge on any atom is 0.338 e. The number of aryl methyl sites for hydroxylation is 1. The van der Waals surface area contributed by atoms with E-state index in [1.54, 1.807) is 30.3 Å². The molecule has 0 spiro atoms. The Morgan fingerprint density at radius 2 is 2.00 bits per heavy atom.